The van der Waals surface area contributed by atoms with Gasteiger partial charge in [0.15, 0.2) is 5.76 Å². The predicted octanol–water partition coefficient (Wildman–Crippen LogP) is 3.05. The summed E-state index contributed by atoms with van der Waals surface area (Å²) in [4.78, 5) is 10.4. The topological polar surface area (TPSA) is 76.2 Å². The predicted molar refractivity (Wildman–Crippen MR) is 65.6 cm³/mol. The van der Waals surface area contributed by atoms with Crippen LogP contribution in [0.2, 0.25) is 0 Å². The van der Waals surface area contributed by atoms with Crippen LogP contribution < -0.4 is 0 Å². The van der Waals surface area contributed by atoms with Crippen molar-refractivity contribution >= 4 is 6.21 Å². The van der Waals surface area contributed by atoms with Gasteiger partial charge in [0.25, 0.3) is 0 Å². The normalized spacial score (nSPS) is 18.9. The smallest absolute Gasteiger partial charge is 0.306 e. The van der Waals surface area contributed by atoms with Crippen molar-refractivity contribution in [3.8, 4) is 0 Å². The van der Waals surface area contributed by atoms with Gasteiger partial charge in [-0.3, -0.25) is 10.1 Å². The molecule has 1 saturated carbocycles. The van der Waals surface area contributed by atoms with E-state index in [-0.39, 0.29) is 17.6 Å². The molecular weight excluding hydrogens is 220 g/mol. The first-order valence-corrected chi connectivity index (χ1v) is 5.87. The van der Waals surface area contributed by atoms with Gasteiger partial charge in [-0.25, -0.2) is 0 Å². The zero-order valence-corrected chi connectivity index (χ0v) is 10.0. The van der Waals surface area contributed by atoms with Crippen LogP contribution in [0.15, 0.2) is 23.6 Å². The summed E-state index contributed by atoms with van der Waals surface area (Å²) < 4.78 is 5.65. The highest BCUT2D eigenvalue weighted by atomic mass is 16.6. The zero-order valence-electron chi connectivity index (χ0n) is 10.0. The molecule has 1 rings (SSSR count). The second-order valence-corrected chi connectivity index (χ2v) is 4.01. The Morgan fingerprint density at radius 3 is 2.53 bits per heavy atom. The minimum Gasteiger partial charge on any atom is -0.483 e. The van der Waals surface area contributed by atoms with Gasteiger partial charge in [-0.05, 0) is 38.7 Å². The average molecular weight is 238 g/mol. The number of nitrogens with zero attached hydrogens (tertiary/aromatic N) is 1. The van der Waals surface area contributed by atoms with E-state index >= 15 is 0 Å². The molecule has 5 nitrogen and oxygen atoms in total. The number of hydrogen-bond acceptors (Lipinski definition) is 4. The van der Waals surface area contributed by atoms with E-state index in [1.54, 1.807) is 6.92 Å². The Balaban J connectivity index is 2.75. The molecule has 0 aliphatic heterocycles. The molecule has 5 heteroatoms. The molecule has 0 amide bonds. The molecule has 0 aromatic heterocycles. The van der Waals surface area contributed by atoms with Crippen LogP contribution in [0.5, 0.6) is 0 Å². The van der Waals surface area contributed by atoms with Crippen LogP contribution in [-0.2, 0) is 4.74 Å². The Bertz CT molecular complexity index is 342. The first-order valence-electron chi connectivity index (χ1n) is 5.87. The summed E-state index contributed by atoms with van der Waals surface area (Å²) in [5.74, 6) is 0.194. The molecule has 0 unspecified atom stereocenters. The van der Waals surface area contributed by atoms with E-state index in [0.717, 1.165) is 31.9 Å². The molecule has 1 aliphatic carbocycles. The summed E-state index contributed by atoms with van der Waals surface area (Å²) in [6.07, 6.45) is 9.09. The highest BCUT2D eigenvalue weighted by Crippen LogP contribution is 2.24. The second kappa shape index (κ2) is 6.83. The first kappa shape index (κ1) is 13.4. The van der Waals surface area contributed by atoms with E-state index in [2.05, 4.69) is 0 Å². The zero-order chi connectivity index (χ0) is 12.7. The summed E-state index contributed by atoms with van der Waals surface area (Å²) in [6, 6.07) is 0. The molecule has 0 bridgehead atoms. The molecule has 94 valence electrons. The lowest BCUT2D eigenvalue weighted by Gasteiger charge is -2.23. The van der Waals surface area contributed by atoms with Gasteiger partial charge in [0.05, 0.1) is 11.0 Å². The maximum atomic E-state index is 10.8. The number of allylic oxidation sites excluding steroid dienone is 2. The lowest BCUT2D eigenvalue weighted by molar-refractivity contribution is -0.424. The third-order valence-electron chi connectivity index (χ3n) is 2.80. The van der Waals surface area contributed by atoms with E-state index in [1.807, 2.05) is 0 Å². The maximum Gasteiger partial charge on any atom is 0.306 e. The Morgan fingerprint density at radius 1 is 1.41 bits per heavy atom. The van der Waals surface area contributed by atoms with Crippen molar-refractivity contribution in [2.45, 2.75) is 45.1 Å². The van der Waals surface area contributed by atoms with Crippen LogP contribution in [0.4, 0.5) is 0 Å². The maximum absolute atomic E-state index is 10.8. The van der Waals surface area contributed by atoms with E-state index in [4.69, 9.17) is 10.1 Å². The number of nitrogens with one attached hydrogen (secondary N) is 1. The summed E-state index contributed by atoms with van der Waals surface area (Å²) in [6.45, 7) is 1.60. The number of nitro groups is 1. The lowest BCUT2D eigenvalue weighted by atomic mass is 9.98. The SMILES string of the molecule is C/C=C(\C(=C/C=N)OC1CCCCC1)[N+](=O)[O-]. The van der Waals surface area contributed by atoms with Crippen molar-refractivity contribution in [1.82, 2.24) is 0 Å². The quantitative estimate of drug-likeness (QED) is 0.263. The van der Waals surface area contributed by atoms with Gasteiger partial charge in [-0.1, -0.05) is 6.42 Å². The first-order chi connectivity index (χ1) is 8.19. The van der Waals surface area contributed by atoms with Gasteiger partial charge in [-0.15, -0.1) is 0 Å². The van der Waals surface area contributed by atoms with E-state index in [0.29, 0.717) is 0 Å². The van der Waals surface area contributed by atoms with E-state index in [9.17, 15) is 10.1 Å². The van der Waals surface area contributed by atoms with Crippen molar-refractivity contribution in [1.29, 1.82) is 5.41 Å². The Hall–Kier alpha value is -1.65. The number of hydrogen-bond donors (Lipinski definition) is 1. The molecule has 1 aliphatic rings. The summed E-state index contributed by atoms with van der Waals surface area (Å²) >= 11 is 0. The molecule has 0 aromatic carbocycles. The van der Waals surface area contributed by atoms with E-state index in [1.165, 1.54) is 18.6 Å². The third-order valence-corrected chi connectivity index (χ3v) is 2.80. The molecule has 0 aromatic rings. The highest BCUT2D eigenvalue weighted by molar-refractivity contribution is 5.69. The van der Waals surface area contributed by atoms with Crippen molar-refractivity contribution in [2.24, 2.45) is 0 Å². The van der Waals surface area contributed by atoms with Crippen LogP contribution in [0.3, 0.4) is 0 Å². The average Bonchev–Trinajstić information content (AvgIpc) is 2.31. The van der Waals surface area contributed by atoms with Crippen molar-refractivity contribution < 1.29 is 9.66 Å². The Labute approximate surface area is 101 Å². The lowest BCUT2D eigenvalue weighted by Crippen LogP contribution is -2.18. The molecule has 0 radical (unpaired) electrons. The van der Waals surface area contributed by atoms with Gasteiger partial charge in [0, 0.05) is 12.3 Å². The third kappa shape index (κ3) is 4.01. The fraction of sp³-hybridized carbons (Fsp3) is 0.583. The van der Waals surface area contributed by atoms with Crippen molar-refractivity contribution in [3.63, 3.8) is 0 Å². The van der Waals surface area contributed by atoms with Crippen molar-refractivity contribution in [3.05, 3.63) is 33.7 Å². The standard InChI is InChI=1S/C12H18N2O3/c1-2-11(14(15)16)12(8-9-13)17-10-6-4-3-5-7-10/h2,8-10,13H,3-7H2,1H3/b11-2+,12-8+,13-9?. The van der Waals surface area contributed by atoms with Crippen LogP contribution in [0.1, 0.15) is 39.0 Å². The van der Waals surface area contributed by atoms with Crippen LogP contribution >= 0.6 is 0 Å². The fourth-order valence-corrected chi connectivity index (χ4v) is 1.96. The Kier molecular flexibility index (Phi) is 5.39. The number of ether oxygens (including phenoxy) is 1. The molecule has 1 N–H and O–H groups in total. The van der Waals surface area contributed by atoms with Gasteiger partial charge in [-0.2, -0.15) is 0 Å². The highest BCUT2D eigenvalue weighted by Gasteiger charge is 2.22. The molecule has 17 heavy (non-hydrogen) atoms. The van der Waals surface area contributed by atoms with Gasteiger partial charge in [0.2, 0.25) is 0 Å². The second-order valence-electron chi connectivity index (χ2n) is 4.01. The van der Waals surface area contributed by atoms with Gasteiger partial charge in [0.1, 0.15) is 0 Å². The molecule has 1 fully saturated rings. The van der Waals surface area contributed by atoms with Crippen LogP contribution in [-0.4, -0.2) is 17.2 Å². The molecule has 0 atom stereocenters. The Morgan fingerprint density at radius 2 is 2.06 bits per heavy atom. The molecule has 0 heterocycles. The van der Waals surface area contributed by atoms with E-state index < -0.39 is 4.92 Å². The monoisotopic (exact) mass is 238 g/mol. The minimum atomic E-state index is -0.474. The van der Waals surface area contributed by atoms with Gasteiger partial charge < -0.3 is 10.1 Å². The molecule has 0 spiro atoms. The fourth-order valence-electron chi connectivity index (χ4n) is 1.96. The minimum absolute atomic E-state index is 0.0462. The summed E-state index contributed by atoms with van der Waals surface area (Å²) in [5, 5.41) is 17.9. The summed E-state index contributed by atoms with van der Waals surface area (Å²) in [7, 11) is 0. The molecule has 0 saturated heterocycles. The summed E-state index contributed by atoms with van der Waals surface area (Å²) in [5.41, 5.74) is -0.0703. The van der Waals surface area contributed by atoms with Crippen LogP contribution in [0.25, 0.3) is 0 Å². The number of rotatable bonds is 5. The molecular formula is C12H18N2O3. The van der Waals surface area contributed by atoms with Crippen LogP contribution in [0, 0.1) is 15.5 Å². The van der Waals surface area contributed by atoms with Gasteiger partial charge >= 0.3 is 5.70 Å². The van der Waals surface area contributed by atoms with Crippen molar-refractivity contribution in [2.75, 3.05) is 0 Å². The largest absolute Gasteiger partial charge is 0.483 e.